The van der Waals surface area contributed by atoms with E-state index in [1.807, 2.05) is 18.2 Å². The predicted molar refractivity (Wildman–Crippen MR) is 126 cm³/mol. The molecule has 2 aliphatic rings. The van der Waals surface area contributed by atoms with Gasteiger partial charge in [-0.3, -0.25) is 9.36 Å². The topological polar surface area (TPSA) is 110 Å². The third-order valence-corrected chi connectivity index (χ3v) is 6.84. The zero-order valence-corrected chi connectivity index (χ0v) is 19.4. The number of benzene rings is 2. The largest absolute Gasteiger partial charge is 0.508 e. The van der Waals surface area contributed by atoms with Crippen molar-refractivity contribution in [1.82, 2.24) is 4.57 Å². The third kappa shape index (κ3) is 3.67. The molecule has 3 heterocycles. The van der Waals surface area contributed by atoms with Gasteiger partial charge in [0.2, 0.25) is 0 Å². The number of phenolic OH excluding ortho intramolecular Hbond substituents is 2. The number of fused-ring (bicyclic) bond motifs is 2. The van der Waals surface area contributed by atoms with Crippen LogP contribution in [0.4, 0.5) is 0 Å². The smallest absolute Gasteiger partial charge is 0.338 e. The average molecular weight is 479 g/mol. The Kier molecular flexibility index (Phi) is 5.49. The SMILES string of the molecule is CCOC(=O)C1=C(C)N=c2s/c(=C\c3ccc(O)cc3O)c(=O)n2C1c1ccc2c(c1)OCC2. The Labute approximate surface area is 198 Å². The maximum Gasteiger partial charge on any atom is 0.338 e. The van der Waals surface area contributed by atoms with Crippen LogP contribution in [0.1, 0.15) is 36.6 Å². The van der Waals surface area contributed by atoms with Gasteiger partial charge in [0.05, 0.1) is 35.1 Å². The molecule has 0 fully saturated rings. The molecule has 0 spiro atoms. The van der Waals surface area contributed by atoms with E-state index in [-0.39, 0.29) is 23.7 Å². The van der Waals surface area contributed by atoms with Gasteiger partial charge in [0.25, 0.3) is 5.56 Å². The van der Waals surface area contributed by atoms with Gasteiger partial charge in [-0.05, 0) is 49.2 Å². The summed E-state index contributed by atoms with van der Waals surface area (Å²) in [6.45, 7) is 4.24. The first kappa shape index (κ1) is 22.0. The second-order valence-electron chi connectivity index (χ2n) is 8.01. The Balaban J connectivity index is 1.73. The van der Waals surface area contributed by atoms with Gasteiger partial charge in [-0.2, -0.15) is 0 Å². The fourth-order valence-corrected chi connectivity index (χ4v) is 5.29. The van der Waals surface area contributed by atoms with Crippen LogP contribution in [0, 0.1) is 0 Å². The van der Waals surface area contributed by atoms with E-state index in [1.54, 1.807) is 19.9 Å². The standard InChI is InChI=1S/C25H22N2O6S/c1-3-32-24(31)21-13(2)26-25-27(22(21)16-5-4-14-8-9-33-19(14)10-16)23(30)20(34-25)11-15-6-7-17(28)12-18(15)29/h4-7,10-12,22,28-29H,3,8-9H2,1-2H3/b20-11-. The first-order chi connectivity index (χ1) is 16.4. The van der Waals surface area contributed by atoms with Gasteiger partial charge < -0.3 is 19.7 Å². The highest BCUT2D eigenvalue weighted by Gasteiger charge is 2.34. The molecule has 0 saturated heterocycles. The normalized spacial score (nSPS) is 17.1. The van der Waals surface area contributed by atoms with Crippen molar-refractivity contribution in [2.45, 2.75) is 26.3 Å². The van der Waals surface area contributed by atoms with Crippen molar-refractivity contribution >= 4 is 23.4 Å². The molecular weight excluding hydrogens is 456 g/mol. The van der Waals surface area contributed by atoms with Crippen LogP contribution in [0.3, 0.4) is 0 Å². The Morgan fingerprint density at radius 3 is 2.88 bits per heavy atom. The Morgan fingerprint density at radius 2 is 2.12 bits per heavy atom. The lowest BCUT2D eigenvalue weighted by molar-refractivity contribution is -0.139. The number of nitrogens with zero attached hydrogens (tertiary/aromatic N) is 2. The lowest BCUT2D eigenvalue weighted by Gasteiger charge is -2.25. The molecule has 5 rings (SSSR count). The van der Waals surface area contributed by atoms with Gasteiger partial charge in [-0.1, -0.05) is 23.5 Å². The summed E-state index contributed by atoms with van der Waals surface area (Å²) >= 11 is 1.16. The number of esters is 1. The molecule has 0 saturated carbocycles. The van der Waals surface area contributed by atoms with Crippen molar-refractivity contribution in [2.24, 2.45) is 4.99 Å². The maximum atomic E-state index is 13.6. The quantitative estimate of drug-likeness (QED) is 0.556. The fourth-order valence-electron chi connectivity index (χ4n) is 4.26. The molecule has 0 bridgehead atoms. The van der Waals surface area contributed by atoms with Crippen LogP contribution in [0.15, 0.2) is 57.5 Å². The van der Waals surface area contributed by atoms with E-state index in [4.69, 9.17) is 9.47 Å². The molecule has 1 unspecified atom stereocenters. The molecule has 0 aliphatic carbocycles. The first-order valence-electron chi connectivity index (χ1n) is 10.8. The summed E-state index contributed by atoms with van der Waals surface area (Å²) in [4.78, 5) is 31.5. The van der Waals surface area contributed by atoms with Crippen LogP contribution in [0.2, 0.25) is 0 Å². The number of phenols is 2. The maximum absolute atomic E-state index is 13.6. The minimum atomic E-state index is -0.736. The molecule has 9 heteroatoms. The minimum absolute atomic E-state index is 0.0790. The highest BCUT2D eigenvalue weighted by Crippen LogP contribution is 2.35. The minimum Gasteiger partial charge on any atom is -0.508 e. The zero-order chi connectivity index (χ0) is 24.0. The summed E-state index contributed by atoms with van der Waals surface area (Å²) in [5.74, 6) is -0.0154. The van der Waals surface area contributed by atoms with Gasteiger partial charge in [0.1, 0.15) is 17.2 Å². The first-order valence-corrected chi connectivity index (χ1v) is 11.7. The summed E-state index contributed by atoms with van der Waals surface area (Å²) in [7, 11) is 0. The second kappa shape index (κ2) is 8.49. The van der Waals surface area contributed by atoms with Crippen molar-refractivity contribution in [3.8, 4) is 17.2 Å². The number of aromatic hydroxyl groups is 2. The van der Waals surface area contributed by atoms with Gasteiger partial charge in [0, 0.05) is 18.1 Å². The van der Waals surface area contributed by atoms with E-state index >= 15 is 0 Å². The van der Waals surface area contributed by atoms with Crippen LogP contribution in [-0.4, -0.2) is 34.0 Å². The summed E-state index contributed by atoms with van der Waals surface area (Å²) < 4.78 is 12.9. The number of thiazole rings is 1. The molecule has 2 aliphatic heterocycles. The van der Waals surface area contributed by atoms with Gasteiger partial charge in [0.15, 0.2) is 4.80 Å². The van der Waals surface area contributed by atoms with Crippen molar-refractivity contribution in [2.75, 3.05) is 13.2 Å². The molecule has 34 heavy (non-hydrogen) atoms. The number of carbonyl (C=O) groups excluding carboxylic acids is 1. The monoisotopic (exact) mass is 478 g/mol. The lowest BCUT2D eigenvalue weighted by Crippen LogP contribution is -2.39. The molecule has 0 amide bonds. The number of carbonyl (C=O) groups is 1. The zero-order valence-electron chi connectivity index (χ0n) is 18.6. The highest BCUT2D eigenvalue weighted by molar-refractivity contribution is 7.07. The van der Waals surface area contributed by atoms with Crippen LogP contribution in [0.25, 0.3) is 6.08 Å². The second-order valence-corrected chi connectivity index (χ2v) is 9.02. The molecule has 1 atom stereocenters. The van der Waals surface area contributed by atoms with Gasteiger partial charge in [-0.15, -0.1) is 0 Å². The number of rotatable bonds is 4. The molecule has 3 aromatic rings. The van der Waals surface area contributed by atoms with Crippen molar-refractivity contribution in [1.29, 1.82) is 0 Å². The van der Waals surface area contributed by atoms with E-state index in [2.05, 4.69) is 4.99 Å². The predicted octanol–water partition coefficient (Wildman–Crippen LogP) is 2.14. The van der Waals surface area contributed by atoms with E-state index in [0.29, 0.717) is 32.8 Å². The van der Waals surface area contributed by atoms with E-state index < -0.39 is 12.0 Å². The Hall–Kier alpha value is -3.85. The van der Waals surface area contributed by atoms with Crippen LogP contribution >= 0.6 is 11.3 Å². The fraction of sp³-hybridized carbons (Fsp3) is 0.240. The number of allylic oxidation sites excluding steroid dienone is 1. The molecule has 0 radical (unpaired) electrons. The van der Waals surface area contributed by atoms with E-state index in [1.165, 1.54) is 22.8 Å². The highest BCUT2D eigenvalue weighted by atomic mass is 32.1. The summed E-state index contributed by atoms with van der Waals surface area (Å²) in [5.41, 5.74) is 2.61. The molecular formula is C25H22N2O6S. The number of aromatic nitrogens is 1. The van der Waals surface area contributed by atoms with E-state index in [0.717, 1.165) is 34.6 Å². The Morgan fingerprint density at radius 1 is 1.29 bits per heavy atom. The third-order valence-electron chi connectivity index (χ3n) is 5.85. The number of hydrogen-bond acceptors (Lipinski definition) is 8. The molecule has 8 nitrogen and oxygen atoms in total. The van der Waals surface area contributed by atoms with Crippen LogP contribution < -0.4 is 19.6 Å². The molecule has 1 aromatic heterocycles. The summed E-state index contributed by atoms with van der Waals surface area (Å²) in [5, 5.41) is 19.7. The van der Waals surface area contributed by atoms with E-state index in [9.17, 15) is 19.8 Å². The lowest BCUT2D eigenvalue weighted by atomic mass is 9.94. The summed E-state index contributed by atoms with van der Waals surface area (Å²) in [6, 6.07) is 9.15. The number of ether oxygens (including phenoxy) is 2. The number of hydrogen-bond donors (Lipinski definition) is 2. The average Bonchev–Trinajstić information content (AvgIpc) is 3.38. The van der Waals surface area contributed by atoms with Crippen molar-refractivity contribution in [3.05, 3.63) is 84.0 Å². The van der Waals surface area contributed by atoms with Crippen LogP contribution in [-0.2, 0) is 16.0 Å². The molecule has 2 aromatic carbocycles. The van der Waals surface area contributed by atoms with Crippen LogP contribution in [0.5, 0.6) is 17.2 Å². The summed E-state index contributed by atoms with van der Waals surface area (Å²) in [6.07, 6.45) is 2.36. The molecule has 174 valence electrons. The van der Waals surface area contributed by atoms with Gasteiger partial charge >= 0.3 is 5.97 Å². The van der Waals surface area contributed by atoms with Crippen molar-refractivity contribution < 1.29 is 24.5 Å². The molecule has 2 N–H and O–H groups in total. The van der Waals surface area contributed by atoms with Crippen molar-refractivity contribution in [3.63, 3.8) is 0 Å². The Bertz CT molecular complexity index is 1530. The van der Waals surface area contributed by atoms with Gasteiger partial charge in [-0.25, -0.2) is 9.79 Å².